The fourth-order valence-electron chi connectivity index (χ4n) is 2.81. The molecule has 2 fully saturated rings. The monoisotopic (exact) mass is 292 g/mol. The summed E-state index contributed by atoms with van der Waals surface area (Å²) in [6.07, 6.45) is 3.32. The number of ether oxygens (including phenoxy) is 1. The molecule has 1 saturated carbocycles. The first-order valence-corrected chi connectivity index (χ1v) is 7.58. The lowest BCUT2D eigenvalue weighted by atomic mass is 10.1. The summed E-state index contributed by atoms with van der Waals surface area (Å²) >= 11 is 0. The van der Waals surface area contributed by atoms with Crippen LogP contribution in [0.5, 0.6) is 0 Å². The molecule has 1 amide bonds. The summed E-state index contributed by atoms with van der Waals surface area (Å²) in [7, 11) is 0. The summed E-state index contributed by atoms with van der Waals surface area (Å²) in [5.41, 5.74) is 6.55. The second-order valence-electron chi connectivity index (χ2n) is 5.88. The zero-order valence-electron chi connectivity index (χ0n) is 12.0. The third kappa shape index (κ3) is 3.41. The minimum absolute atomic E-state index is 0.00539. The standard InChI is InChI=1S/C16H21FN2O2/c17-12-3-1-11(2-4-12)10-19(13-5-6-13)16(20)15-8-7-14(9-18)21-15/h1-4,13-15H,5-10,18H2. The molecule has 1 saturated heterocycles. The van der Waals surface area contributed by atoms with E-state index in [1.165, 1.54) is 12.1 Å². The Morgan fingerprint density at radius 3 is 2.52 bits per heavy atom. The molecule has 3 rings (SSSR count). The molecule has 1 aliphatic heterocycles. The third-order valence-electron chi connectivity index (χ3n) is 4.18. The Morgan fingerprint density at radius 2 is 1.95 bits per heavy atom. The SMILES string of the molecule is NCC1CCC(C(=O)N(Cc2ccc(F)cc2)C2CC2)O1. The molecule has 0 radical (unpaired) electrons. The van der Waals surface area contributed by atoms with E-state index in [1.54, 1.807) is 12.1 Å². The molecule has 1 aromatic carbocycles. The Hall–Kier alpha value is -1.46. The molecule has 4 nitrogen and oxygen atoms in total. The van der Waals surface area contributed by atoms with Gasteiger partial charge in [-0.05, 0) is 43.4 Å². The van der Waals surface area contributed by atoms with E-state index in [9.17, 15) is 9.18 Å². The van der Waals surface area contributed by atoms with Crippen LogP contribution in [0.25, 0.3) is 0 Å². The molecule has 2 aliphatic rings. The normalized spacial score (nSPS) is 25.0. The maximum atomic E-state index is 13.0. The molecule has 2 unspecified atom stereocenters. The Morgan fingerprint density at radius 1 is 1.24 bits per heavy atom. The molecule has 0 aromatic heterocycles. The number of carbonyl (C=O) groups is 1. The smallest absolute Gasteiger partial charge is 0.252 e. The van der Waals surface area contributed by atoms with Gasteiger partial charge < -0.3 is 15.4 Å². The number of benzene rings is 1. The first kappa shape index (κ1) is 14.5. The van der Waals surface area contributed by atoms with Gasteiger partial charge in [-0.3, -0.25) is 4.79 Å². The first-order valence-electron chi connectivity index (χ1n) is 7.58. The Bertz CT molecular complexity index is 502. The second kappa shape index (κ2) is 6.12. The van der Waals surface area contributed by atoms with E-state index in [0.717, 1.165) is 31.2 Å². The third-order valence-corrected chi connectivity index (χ3v) is 4.18. The van der Waals surface area contributed by atoms with Crippen LogP contribution in [0.1, 0.15) is 31.2 Å². The van der Waals surface area contributed by atoms with Gasteiger partial charge in [-0.2, -0.15) is 0 Å². The van der Waals surface area contributed by atoms with E-state index in [2.05, 4.69) is 0 Å². The van der Waals surface area contributed by atoms with Crippen LogP contribution in [0.15, 0.2) is 24.3 Å². The van der Waals surface area contributed by atoms with Crippen LogP contribution in [0, 0.1) is 5.82 Å². The van der Waals surface area contributed by atoms with Gasteiger partial charge in [0.1, 0.15) is 11.9 Å². The number of carbonyl (C=O) groups excluding carboxylic acids is 1. The number of halogens is 1. The molecular formula is C16H21FN2O2. The van der Waals surface area contributed by atoms with Crippen LogP contribution in [0.3, 0.4) is 0 Å². The predicted molar refractivity (Wildman–Crippen MR) is 76.9 cm³/mol. The fourth-order valence-corrected chi connectivity index (χ4v) is 2.81. The van der Waals surface area contributed by atoms with Crippen molar-refractivity contribution >= 4 is 5.91 Å². The summed E-state index contributed by atoms with van der Waals surface area (Å²) in [6, 6.07) is 6.64. The van der Waals surface area contributed by atoms with Crippen molar-refractivity contribution < 1.29 is 13.9 Å². The highest BCUT2D eigenvalue weighted by Gasteiger charge is 2.39. The topological polar surface area (TPSA) is 55.6 Å². The van der Waals surface area contributed by atoms with E-state index in [0.29, 0.717) is 19.1 Å². The molecule has 5 heteroatoms. The summed E-state index contributed by atoms with van der Waals surface area (Å²) < 4.78 is 18.7. The van der Waals surface area contributed by atoms with E-state index in [-0.39, 0.29) is 23.9 Å². The number of hydrogen-bond donors (Lipinski definition) is 1. The highest BCUT2D eigenvalue weighted by molar-refractivity contribution is 5.81. The molecule has 0 spiro atoms. The van der Waals surface area contributed by atoms with Crippen molar-refractivity contribution in [3.05, 3.63) is 35.6 Å². The quantitative estimate of drug-likeness (QED) is 0.900. The Kier molecular flexibility index (Phi) is 4.22. The van der Waals surface area contributed by atoms with Crippen molar-refractivity contribution in [3.8, 4) is 0 Å². The van der Waals surface area contributed by atoms with Crippen LogP contribution in [0.4, 0.5) is 4.39 Å². The zero-order valence-corrected chi connectivity index (χ0v) is 12.0. The molecule has 1 heterocycles. The van der Waals surface area contributed by atoms with Crippen molar-refractivity contribution in [2.45, 2.75) is 50.5 Å². The Labute approximate surface area is 124 Å². The summed E-state index contributed by atoms with van der Waals surface area (Å²) in [4.78, 5) is 14.5. The van der Waals surface area contributed by atoms with Gasteiger partial charge >= 0.3 is 0 Å². The average Bonchev–Trinajstić information content (AvgIpc) is 3.22. The first-order chi connectivity index (χ1) is 10.2. The van der Waals surface area contributed by atoms with Crippen LogP contribution >= 0.6 is 0 Å². The zero-order chi connectivity index (χ0) is 14.8. The van der Waals surface area contributed by atoms with E-state index in [4.69, 9.17) is 10.5 Å². The molecule has 2 atom stereocenters. The second-order valence-corrected chi connectivity index (χ2v) is 5.88. The minimum atomic E-state index is -0.361. The van der Waals surface area contributed by atoms with E-state index < -0.39 is 0 Å². The average molecular weight is 292 g/mol. The summed E-state index contributed by atoms with van der Waals surface area (Å²) in [5.74, 6) is -0.203. The molecule has 0 bridgehead atoms. The maximum Gasteiger partial charge on any atom is 0.252 e. The van der Waals surface area contributed by atoms with Gasteiger partial charge in [0, 0.05) is 19.1 Å². The van der Waals surface area contributed by atoms with Gasteiger partial charge in [0.15, 0.2) is 0 Å². The lowest BCUT2D eigenvalue weighted by Gasteiger charge is -2.25. The number of rotatable bonds is 5. The number of amides is 1. The molecule has 2 N–H and O–H groups in total. The predicted octanol–water partition coefficient (Wildman–Crippen LogP) is 1.82. The number of nitrogens with two attached hydrogens (primary N) is 1. The highest BCUT2D eigenvalue weighted by Crippen LogP contribution is 2.31. The lowest BCUT2D eigenvalue weighted by molar-refractivity contribution is -0.144. The summed E-state index contributed by atoms with van der Waals surface area (Å²) in [5, 5.41) is 0. The molecule has 114 valence electrons. The van der Waals surface area contributed by atoms with Gasteiger partial charge in [0.25, 0.3) is 5.91 Å². The number of hydrogen-bond acceptors (Lipinski definition) is 3. The molecule has 1 aromatic rings. The van der Waals surface area contributed by atoms with Gasteiger partial charge in [-0.25, -0.2) is 4.39 Å². The van der Waals surface area contributed by atoms with Crippen molar-refractivity contribution in [2.75, 3.05) is 6.54 Å². The van der Waals surface area contributed by atoms with E-state index in [1.807, 2.05) is 4.90 Å². The summed E-state index contributed by atoms with van der Waals surface area (Å²) in [6.45, 7) is 0.988. The van der Waals surface area contributed by atoms with Crippen LogP contribution in [-0.2, 0) is 16.1 Å². The lowest BCUT2D eigenvalue weighted by Crippen LogP contribution is -2.40. The van der Waals surface area contributed by atoms with Gasteiger partial charge in [-0.1, -0.05) is 12.1 Å². The highest BCUT2D eigenvalue weighted by atomic mass is 19.1. The van der Waals surface area contributed by atoms with Gasteiger partial charge in [0.2, 0.25) is 0 Å². The molecular weight excluding hydrogens is 271 g/mol. The maximum absolute atomic E-state index is 13.0. The van der Waals surface area contributed by atoms with Crippen molar-refractivity contribution in [3.63, 3.8) is 0 Å². The minimum Gasteiger partial charge on any atom is -0.364 e. The number of nitrogens with zero attached hydrogens (tertiary/aromatic N) is 1. The Balaban J connectivity index is 1.67. The van der Waals surface area contributed by atoms with Crippen molar-refractivity contribution in [1.82, 2.24) is 4.90 Å². The largest absolute Gasteiger partial charge is 0.364 e. The van der Waals surface area contributed by atoms with Gasteiger partial charge in [0.05, 0.1) is 6.10 Å². The van der Waals surface area contributed by atoms with Crippen molar-refractivity contribution in [1.29, 1.82) is 0 Å². The van der Waals surface area contributed by atoms with E-state index >= 15 is 0 Å². The van der Waals surface area contributed by atoms with Crippen LogP contribution in [-0.4, -0.2) is 35.6 Å². The van der Waals surface area contributed by atoms with Crippen molar-refractivity contribution in [2.24, 2.45) is 5.73 Å². The van der Waals surface area contributed by atoms with Crippen LogP contribution < -0.4 is 5.73 Å². The van der Waals surface area contributed by atoms with Gasteiger partial charge in [-0.15, -0.1) is 0 Å². The molecule has 1 aliphatic carbocycles. The fraction of sp³-hybridized carbons (Fsp3) is 0.562. The molecule has 21 heavy (non-hydrogen) atoms. The van der Waals surface area contributed by atoms with Crippen LogP contribution in [0.2, 0.25) is 0 Å².